The fourth-order valence-electron chi connectivity index (χ4n) is 1.57. The second-order valence-corrected chi connectivity index (χ2v) is 4.07. The van der Waals surface area contributed by atoms with Gasteiger partial charge in [0.15, 0.2) is 0 Å². The molecular weight excluding hydrogens is 242 g/mol. The van der Waals surface area contributed by atoms with Gasteiger partial charge in [-0.1, -0.05) is 6.92 Å². The Labute approximate surface area is 116 Å². The Hall–Kier alpha value is -1.26. The third-order valence-electron chi connectivity index (χ3n) is 2.51. The Kier molecular flexibility index (Phi) is 8.85. The van der Waals surface area contributed by atoms with Crippen LogP contribution in [-0.4, -0.2) is 39.5 Å². The Morgan fingerprint density at radius 1 is 0.895 bits per heavy atom. The highest BCUT2D eigenvalue weighted by molar-refractivity contribution is 5.31. The molecule has 0 aliphatic carbocycles. The molecule has 0 spiro atoms. The molecule has 0 amide bonds. The monoisotopic (exact) mass is 267 g/mol. The first-order valence-corrected chi connectivity index (χ1v) is 7.01. The zero-order chi connectivity index (χ0) is 13.8. The van der Waals surface area contributed by atoms with E-state index in [0.717, 1.165) is 44.2 Å². The molecule has 1 aromatic carbocycles. The van der Waals surface area contributed by atoms with E-state index in [1.165, 1.54) is 0 Å². The van der Waals surface area contributed by atoms with Gasteiger partial charge in [0.25, 0.3) is 0 Å². The Bertz CT molecular complexity index is 314. The van der Waals surface area contributed by atoms with Gasteiger partial charge in [-0.2, -0.15) is 0 Å². The highest BCUT2D eigenvalue weighted by atomic mass is 16.5. The average Bonchev–Trinajstić information content (AvgIpc) is 2.44. The summed E-state index contributed by atoms with van der Waals surface area (Å²) in [5.41, 5.74) is 0. The van der Waals surface area contributed by atoms with Gasteiger partial charge >= 0.3 is 0 Å². The molecule has 0 aliphatic rings. The van der Waals surface area contributed by atoms with Crippen LogP contribution in [0.15, 0.2) is 24.3 Å². The number of benzene rings is 1. The van der Waals surface area contributed by atoms with Crippen molar-refractivity contribution in [3.8, 4) is 11.5 Å². The third-order valence-corrected chi connectivity index (χ3v) is 2.51. The van der Waals surface area contributed by atoms with Crippen LogP contribution in [0.3, 0.4) is 0 Å². The van der Waals surface area contributed by atoms with Crippen LogP contribution in [0.1, 0.15) is 20.3 Å². The van der Waals surface area contributed by atoms with Crippen LogP contribution in [0, 0.1) is 0 Å². The SMILES string of the molecule is CCNCCOCCCOc1ccc(OCC)cc1. The number of nitrogens with one attached hydrogen (secondary N) is 1. The fourth-order valence-corrected chi connectivity index (χ4v) is 1.57. The summed E-state index contributed by atoms with van der Waals surface area (Å²) in [6.07, 6.45) is 0.902. The van der Waals surface area contributed by atoms with Gasteiger partial charge in [-0.05, 0) is 37.7 Å². The molecule has 0 radical (unpaired) electrons. The van der Waals surface area contributed by atoms with Crippen LogP contribution in [0.2, 0.25) is 0 Å². The van der Waals surface area contributed by atoms with Crippen LogP contribution >= 0.6 is 0 Å². The molecule has 1 aromatic rings. The largest absolute Gasteiger partial charge is 0.494 e. The zero-order valence-electron chi connectivity index (χ0n) is 12.0. The molecular formula is C15H25NO3. The van der Waals surface area contributed by atoms with Crippen molar-refractivity contribution in [1.29, 1.82) is 0 Å². The smallest absolute Gasteiger partial charge is 0.119 e. The van der Waals surface area contributed by atoms with Gasteiger partial charge in [0.1, 0.15) is 11.5 Å². The van der Waals surface area contributed by atoms with Gasteiger partial charge in [-0.3, -0.25) is 0 Å². The molecule has 1 rings (SSSR count). The van der Waals surface area contributed by atoms with Gasteiger partial charge in [0, 0.05) is 19.6 Å². The van der Waals surface area contributed by atoms with E-state index < -0.39 is 0 Å². The molecule has 0 saturated carbocycles. The summed E-state index contributed by atoms with van der Waals surface area (Å²) in [6.45, 7) is 8.82. The lowest BCUT2D eigenvalue weighted by molar-refractivity contribution is 0.121. The normalized spacial score (nSPS) is 10.4. The number of hydrogen-bond donors (Lipinski definition) is 1. The maximum Gasteiger partial charge on any atom is 0.119 e. The van der Waals surface area contributed by atoms with Crippen molar-refractivity contribution in [3.05, 3.63) is 24.3 Å². The van der Waals surface area contributed by atoms with Crippen molar-refractivity contribution in [2.24, 2.45) is 0 Å². The molecule has 0 aromatic heterocycles. The van der Waals surface area contributed by atoms with E-state index in [9.17, 15) is 0 Å². The number of hydrogen-bond acceptors (Lipinski definition) is 4. The van der Waals surface area contributed by atoms with Gasteiger partial charge in [-0.15, -0.1) is 0 Å². The first-order chi connectivity index (χ1) is 9.36. The first kappa shape index (κ1) is 15.8. The van der Waals surface area contributed by atoms with Crippen molar-refractivity contribution < 1.29 is 14.2 Å². The Morgan fingerprint density at radius 3 is 2.21 bits per heavy atom. The third kappa shape index (κ3) is 7.70. The predicted octanol–water partition coefficient (Wildman–Crippen LogP) is 2.48. The zero-order valence-corrected chi connectivity index (χ0v) is 12.0. The van der Waals surface area contributed by atoms with E-state index in [4.69, 9.17) is 14.2 Å². The van der Waals surface area contributed by atoms with E-state index in [1.54, 1.807) is 0 Å². The van der Waals surface area contributed by atoms with Crippen LogP contribution in [0.25, 0.3) is 0 Å². The summed E-state index contributed by atoms with van der Waals surface area (Å²) in [7, 11) is 0. The van der Waals surface area contributed by atoms with Crippen molar-refractivity contribution in [3.63, 3.8) is 0 Å². The summed E-state index contributed by atoms with van der Waals surface area (Å²) in [6, 6.07) is 7.70. The van der Waals surface area contributed by atoms with E-state index in [2.05, 4.69) is 12.2 Å². The maximum atomic E-state index is 5.62. The highest BCUT2D eigenvalue weighted by Gasteiger charge is 1.96. The van der Waals surface area contributed by atoms with Crippen LogP contribution in [0.5, 0.6) is 11.5 Å². The van der Waals surface area contributed by atoms with Crippen molar-refractivity contribution in [1.82, 2.24) is 5.32 Å². The molecule has 0 bridgehead atoms. The molecule has 0 unspecified atom stereocenters. The molecule has 0 heterocycles. The van der Waals surface area contributed by atoms with Crippen LogP contribution in [-0.2, 0) is 4.74 Å². The van der Waals surface area contributed by atoms with E-state index in [-0.39, 0.29) is 0 Å². The van der Waals surface area contributed by atoms with E-state index in [1.807, 2.05) is 31.2 Å². The van der Waals surface area contributed by atoms with E-state index >= 15 is 0 Å². The molecule has 0 fully saturated rings. The van der Waals surface area contributed by atoms with Gasteiger partial charge in [-0.25, -0.2) is 0 Å². The van der Waals surface area contributed by atoms with Crippen molar-refractivity contribution >= 4 is 0 Å². The summed E-state index contributed by atoms with van der Waals surface area (Å²) in [4.78, 5) is 0. The van der Waals surface area contributed by atoms with Crippen molar-refractivity contribution in [2.75, 3.05) is 39.5 Å². The predicted molar refractivity (Wildman–Crippen MR) is 77.1 cm³/mol. The molecule has 4 nitrogen and oxygen atoms in total. The molecule has 108 valence electrons. The second-order valence-electron chi connectivity index (χ2n) is 4.07. The minimum absolute atomic E-state index is 0.676. The Balaban J connectivity index is 2.02. The number of rotatable bonds is 11. The number of ether oxygens (including phenoxy) is 3. The minimum atomic E-state index is 0.676. The molecule has 19 heavy (non-hydrogen) atoms. The Morgan fingerprint density at radius 2 is 1.58 bits per heavy atom. The summed E-state index contributed by atoms with van der Waals surface area (Å²) in [5, 5.41) is 3.21. The molecule has 0 aliphatic heterocycles. The average molecular weight is 267 g/mol. The second kappa shape index (κ2) is 10.6. The highest BCUT2D eigenvalue weighted by Crippen LogP contribution is 2.17. The summed E-state index contributed by atoms with van der Waals surface area (Å²) in [5.74, 6) is 1.75. The van der Waals surface area contributed by atoms with Crippen LogP contribution in [0.4, 0.5) is 0 Å². The lowest BCUT2D eigenvalue weighted by Gasteiger charge is -2.08. The maximum absolute atomic E-state index is 5.62. The van der Waals surface area contributed by atoms with Crippen LogP contribution < -0.4 is 14.8 Å². The lowest BCUT2D eigenvalue weighted by Crippen LogP contribution is -2.19. The van der Waals surface area contributed by atoms with Crippen molar-refractivity contribution in [2.45, 2.75) is 20.3 Å². The standard InChI is InChI=1S/C15H25NO3/c1-3-16-10-13-17-11-5-12-19-15-8-6-14(7-9-15)18-4-2/h6-9,16H,3-5,10-13H2,1-2H3. The summed E-state index contributed by atoms with van der Waals surface area (Å²) < 4.78 is 16.4. The fraction of sp³-hybridized carbons (Fsp3) is 0.600. The molecule has 1 N–H and O–H groups in total. The molecule has 4 heteroatoms. The van der Waals surface area contributed by atoms with Gasteiger partial charge in [0.2, 0.25) is 0 Å². The summed E-state index contributed by atoms with van der Waals surface area (Å²) >= 11 is 0. The first-order valence-electron chi connectivity index (χ1n) is 7.01. The quantitative estimate of drug-likeness (QED) is 0.625. The minimum Gasteiger partial charge on any atom is -0.494 e. The number of likely N-dealkylation sites (N-methyl/N-ethyl adjacent to an activating group) is 1. The van der Waals surface area contributed by atoms with Gasteiger partial charge < -0.3 is 19.5 Å². The molecule has 0 saturated heterocycles. The lowest BCUT2D eigenvalue weighted by atomic mass is 10.3. The van der Waals surface area contributed by atoms with E-state index in [0.29, 0.717) is 13.2 Å². The topological polar surface area (TPSA) is 39.7 Å². The molecule has 0 atom stereocenters. The van der Waals surface area contributed by atoms with Gasteiger partial charge in [0.05, 0.1) is 19.8 Å².